The molecule has 0 spiro atoms. The molecule has 3 aromatic rings. The van der Waals surface area contributed by atoms with Crippen LogP contribution in [-0.4, -0.2) is 22.7 Å². The predicted molar refractivity (Wildman–Crippen MR) is 79.7 cm³/mol. The SMILES string of the molecule is COC(=O)c1c(-c2ccc(Br)cc2)nn2ccccc12. The Morgan fingerprint density at radius 1 is 1.20 bits per heavy atom. The van der Waals surface area contributed by atoms with Gasteiger partial charge in [0.05, 0.1) is 12.6 Å². The van der Waals surface area contributed by atoms with E-state index in [1.807, 2.05) is 48.7 Å². The Balaban J connectivity index is 2.29. The average Bonchev–Trinajstić information content (AvgIpc) is 2.86. The number of fused-ring (bicyclic) bond motifs is 1. The highest BCUT2D eigenvalue weighted by Gasteiger charge is 2.21. The minimum atomic E-state index is -0.385. The molecule has 0 aliphatic heterocycles. The lowest BCUT2D eigenvalue weighted by Crippen LogP contribution is -2.02. The lowest BCUT2D eigenvalue weighted by atomic mass is 10.1. The van der Waals surface area contributed by atoms with Crippen LogP contribution < -0.4 is 0 Å². The van der Waals surface area contributed by atoms with E-state index in [-0.39, 0.29) is 5.97 Å². The van der Waals surface area contributed by atoms with Crippen LogP contribution in [-0.2, 0) is 4.74 Å². The second-order valence-electron chi connectivity index (χ2n) is 4.25. The fourth-order valence-electron chi connectivity index (χ4n) is 2.11. The minimum Gasteiger partial charge on any atom is -0.465 e. The first kappa shape index (κ1) is 12.9. The number of hydrogen-bond acceptors (Lipinski definition) is 3. The number of carbonyl (C=O) groups is 1. The van der Waals surface area contributed by atoms with Crippen molar-refractivity contribution in [3.8, 4) is 11.3 Å². The zero-order chi connectivity index (χ0) is 14.1. The van der Waals surface area contributed by atoms with Crippen molar-refractivity contribution in [1.29, 1.82) is 0 Å². The Hall–Kier alpha value is -2.14. The van der Waals surface area contributed by atoms with Crippen molar-refractivity contribution in [3.63, 3.8) is 0 Å². The van der Waals surface area contributed by atoms with Crippen LogP contribution in [0.1, 0.15) is 10.4 Å². The number of hydrogen-bond donors (Lipinski definition) is 0. The number of nitrogens with zero attached hydrogens (tertiary/aromatic N) is 2. The molecule has 0 fully saturated rings. The summed E-state index contributed by atoms with van der Waals surface area (Å²) in [7, 11) is 1.38. The Morgan fingerprint density at radius 2 is 1.95 bits per heavy atom. The first-order valence-corrected chi connectivity index (χ1v) is 6.81. The molecule has 0 N–H and O–H groups in total. The number of aromatic nitrogens is 2. The molecule has 2 aromatic heterocycles. The molecule has 0 aliphatic rings. The van der Waals surface area contributed by atoms with Gasteiger partial charge in [-0.05, 0) is 24.3 Å². The topological polar surface area (TPSA) is 43.6 Å². The quantitative estimate of drug-likeness (QED) is 0.675. The molecule has 0 saturated heterocycles. The summed E-state index contributed by atoms with van der Waals surface area (Å²) in [5.74, 6) is -0.385. The van der Waals surface area contributed by atoms with Gasteiger partial charge in [0.2, 0.25) is 0 Å². The molecule has 2 heterocycles. The van der Waals surface area contributed by atoms with Gasteiger partial charge in [-0.1, -0.05) is 34.1 Å². The lowest BCUT2D eigenvalue weighted by Gasteiger charge is -2.01. The Morgan fingerprint density at radius 3 is 2.65 bits per heavy atom. The van der Waals surface area contributed by atoms with Crippen molar-refractivity contribution in [3.05, 3.63) is 58.7 Å². The van der Waals surface area contributed by atoms with Crippen LogP contribution in [0.2, 0.25) is 0 Å². The van der Waals surface area contributed by atoms with E-state index in [0.717, 1.165) is 15.6 Å². The largest absolute Gasteiger partial charge is 0.465 e. The van der Waals surface area contributed by atoms with Crippen LogP contribution in [0.4, 0.5) is 0 Å². The molecule has 0 radical (unpaired) electrons. The van der Waals surface area contributed by atoms with E-state index in [9.17, 15) is 4.79 Å². The van der Waals surface area contributed by atoms with Gasteiger partial charge in [0.15, 0.2) is 0 Å². The normalized spacial score (nSPS) is 10.7. The molecule has 100 valence electrons. The fraction of sp³-hybridized carbons (Fsp3) is 0.0667. The van der Waals surface area contributed by atoms with Gasteiger partial charge in [-0.25, -0.2) is 9.31 Å². The molecule has 0 atom stereocenters. The van der Waals surface area contributed by atoms with E-state index in [0.29, 0.717) is 11.3 Å². The molecule has 4 nitrogen and oxygen atoms in total. The van der Waals surface area contributed by atoms with Crippen molar-refractivity contribution in [2.24, 2.45) is 0 Å². The maximum Gasteiger partial charge on any atom is 0.342 e. The molecule has 5 heteroatoms. The predicted octanol–water partition coefficient (Wildman–Crippen LogP) is 3.55. The highest BCUT2D eigenvalue weighted by atomic mass is 79.9. The van der Waals surface area contributed by atoms with Crippen molar-refractivity contribution in [2.45, 2.75) is 0 Å². The van der Waals surface area contributed by atoms with Gasteiger partial charge in [-0.15, -0.1) is 0 Å². The lowest BCUT2D eigenvalue weighted by molar-refractivity contribution is 0.0604. The van der Waals surface area contributed by atoms with Crippen LogP contribution in [0.5, 0.6) is 0 Å². The molecule has 0 unspecified atom stereocenters. The summed E-state index contributed by atoms with van der Waals surface area (Å²) in [5.41, 5.74) is 2.71. The van der Waals surface area contributed by atoms with Crippen molar-refractivity contribution < 1.29 is 9.53 Å². The van der Waals surface area contributed by atoms with Crippen LogP contribution in [0.3, 0.4) is 0 Å². The first-order valence-electron chi connectivity index (χ1n) is 6.02. The molecule has 0 saturated carbocycles. The first-order chi connectivity index (χ1) is 9.70. The minimum absolute atomic E-state index is 0.385. The number of rotatable bonds is 2. The van der Waals surface area contributed by atoms with Crippen molar-refractivity contribution in [2.75, 3.05) is 7.11 Å². The number of benzene rings is 1. The summed E-state index contributed by atoms with van der Waals surface area (Å²) in [5, 5.41) is 4.48. The Bertz CT molecular complexity index is 778. The second kappa shape index (κ2) is 5.09. The number of pyridine rings is 1. The summed E-state index contributed by atoms with van der Waals surface area (Å²) in [6, 6.07) is 13.3. The number of halogens is 1. The van der Waals surface area contributed by atoms with Gasteiger partial charge in [-0.3, -0.25) is 0 Å². The Labute approximate surface area is 124 Å². The molecule has 20 heavy (non-hydrogen) atoms. The third-order valence-electron chi connectivity index (χ3n) is 3.05. The van der Waals surface area contributed by atoms with E-state index in [2.05, 4.69) is 21.0 Å². The van der Waals surface area contributed by atoms with Gasteiger partial charge in [-0.2, -0.15) is 5.10 Å². The van der Waals surface area contributed by atoms with E-state index in [4.69, 9.17) is 4.74 Å². The number of methoxy groups -OCH3 is 1. The third-order valence-corrected chi connectivity index (χ3v) is 3.58. The number of carbonyl (C=O) groups excluding carboxylic acids is 1. The molecule has 1 aromatic carbocycles. The van der Waals surface area contributed by atoms with Gasteiger partial charge >= 0.3 is 5.97 Å². The zero-order valence-corrected chi connectivity index (χ0v) is 12.3. The van der Waals surface area contributed by atoms with Gasteiger partial charge in [0.1, 0.15) is 11.3 Å². The van der Waals surface area contributed by atoms with Crippen molar-refractivity contribution in [1.82, 2.24) is 9.61 Å². The monoisotopic (exact) mass is 330 g/mol. The highest BCUT2D eigenvalue weighted by Crippen LogP contribution is 2.27. The average molecular weight is 331 g/mol. The molecule has 0 bridgehead atoms. The molecule has 0 amide bonds. The molecular weight excluding hydrogens is 320 g/mol. The third kappa shape index (κ3) is 2.10. The maximum absolute atomic E-state index is 12.1. The van der Waals surface area contributed by atoms with Crippen LogP contribution in [0, 0.1) is 0 Å². The smallest absolute Gasteiger partial charge is 0.342 e. The maximum atomic E-state index is 12.1. The Kier molecular flexibility index (Phi) is 3.28. The molecular formula is C15H11BrN2O2. The van der Waals surface area contributed by atoms with Gasteiger partial charge in [0.25, 0.3) is 0 Å². The fourth-order valence-corrected chi connectivity index (χ4v) is 2.38. The van der Waals surface area contributed by atoms with Crippen LogP contribution >= 0.6 is 15.9 Å². The molecule has 0 aliphatic carbocycles. The van der Waals surface area contributed by atoms with Crippen LogP contribution in [0.25, 0.3) is 16.8 Å². The summed E-state index contributed by atoms with van der Waals surface area (Å²) in [4.78, 5) is 12.1. The standard InChI is InChI=1S/C15H11BrN2O2/c1-20-15(19)13-12-4-2-3-9-18(12)17-14(13)10-5-7-11(16)8-6-10/h2-9H,1H3. The summed E-state index contributed by atoms with van der Waals surface area (Å²) in [6.45, 7) is 0. The van der Waals surface area contributed by atoms with E-state index in [1.165, 1.54) is 7.11 Å². The van der Waals surface area contributed by atoms with E-state index >= 15 is 0 Å². The second-order valence-corrected chi connectivity index (χ2v) is 5.17. The summed E-state index contributed by atoms with van der Waals surface area (Å²) < 4.78 is 7.55. The van der Waals surface area contributed by atoms with Crippen LogP contribution in [0.15, 0.2) is 53.1 Å². The molecule has 3 rings (SSSR count). The number of esters is 1. The van der Waals surface area contributed by atoms with E-state index < -0.39 is 0 Å². The number of ether oxygens (including phenoxy) is 1. The van der Waals surface area contributed by atoms with Gasteiger partial charge < -0.3 is 4.74 Å². The summed E-state index contributed by atoms with van der Waals surface area (Å²) in [6.07, 6.45) is 1.81. The van der Waals surface area contributed by atoms with Crippen molar-refractivity contribution >= 4 is 27.4 Å². The highest BCUT2D eigenvalue weighted by molar-refractivity contribution is 9.10. The van der Waals surface area contributed by atoms with E-state index in [1.54, 1.807) is 4.52 Å². The summed E-state index contributed by atoms with van der Waals surface area (Å²) >= 11 is 3.40. The zero-order valence-electron chi connectivity index (χ0n) is 10.7. The van der Waals surface area contributed by atoms with Gasteiger partial charge in [0, 0.05) is 16.2 Å².